The van der Waals surface area contributed by atoms with Crippen LogP contribution in [0, 0.1) is 5.82 Å². The topological polar surface area (TPSA) is 51.8 Å². The van der Waals surface area contributed by atoms with Crippen molar-refractivity contribution < 1.29 is 4.39 Å². The van der Waals surface area contributed by atoms with Crippen LogP contribution < -0.4 is 5.73 Å². The number of hydrogen-bond acceptors (Lipinski definition) is 4. The molecule has 0 aliphatic rings. The molecule has 6 heteroatoms. The maximum atomic E-state index is 13.6. The molecule has 0 unspecified atom stereocenters. The highest BCUT2D eigenvalue weighted by molar-refractivity contribution is 7.98. The minimum atomic E-state index is -0.318. The molecular weight excluding hydrogens is 333 g/mol. The zero-order valence-electron chi connectivity index (χ0n) is 12.3. The molecule has 0 spiro atoms. The molecule has 0 aliphatic carbocycles. The van der Waals surface area contributed by atoms with E-state index in [0.717, 1.165) is 10.5 Å². The summed E-state index contributed by atoms with van der Waals surface area (Å²) >= 11 is 7.59. The van der Waals surface area contributed by atoms with E-state index in [0.29, 0.717) is 22.6 Å². The Kier molecular flexibility index (Phi) is 4.50. The number of aromatic nitrogens is 2. The van der Waals surface area contributed by atoms with E-state index in [1.165, 1.54) is 23.9 Å². The first-order valence-corrected chi connectivity index (χ1v) is 8.41. The van der Waals surface area contributed by atoms with E-state index in [9.17, 15) is 4.39 Å². The van der Waals surface area contributed by atoms with Gasteiger partial charge in [0.05, 0.1) is 11.4 Å². The van der Waals surface area contributed by atoms with Gasteiger partial charge in [0, 0.05) is 21.7 Å². The largest absolute Gasteiger partial charge is 0.399 e. The van der Waals surface area contributed by atoms with Crippen molar-refractivity contribution in [3.8, 4) is 22.5 Å². The Morgan fingerprint density at radius 3 is 2.39 bits per heavy atom. The van der Waals surface area contributed by atoms with Gasteiger partial charge in [-0.25, -0.2) is 14.4 Å². The normalized spacial score (nSPS) is 10.7. The van der Waals surface area contributed by atoms with Gasteiger partial charge in [0.1, 0.15) is 5.82 Å². The highest BCUT2D eigenvalue weighted by Crippen LogP contribution is 2.32. The summed E-state index contributed by atoms with van der Waals surface area (Å²) in [7, 11) is 0. The molecule has 2 aromatic carbocycles. The average molecular weight is 346 g/mol. The molecule has 0 radical (unpaired) electrons. The van der Waals surface area contributed by atoms with Crippen LogP contribution in [0.25, 0.3) is 22.5 Å². The quantitative estimate of drug-likeness (QED) is 0.416. The van der Waals surface area contributed by atoms with E-state index in [1.54, 1.807) is 24.3 Å². The summed E-state index contributed by atoms with van der Waals surface area (Å²) < 4.78 is 13.6. The highest BCUT2D eigenvalue weighted by atomic mass is 35.5. The number of thioether (sulfide) groups is 1. The number of rotatable bonds is 3. The average Bonchev–Trinajstić information content (AvgIpc) is 2.55. The molecule has 1 heterocycles. The minimum Gasteiger partial charge on any atom is -0.399 e. The van der Waals surface area contributed by atoms with Crippen molar-refractivity contribution >= 4 is 29.1 Å². The molecule has 0 saturated heterocycles. The van der Waals surface area contributed by atoms with Crippen LogP contribution in [0.1, 0.15) is 0 Å². The number of halogens is 2. The molecule has 0 fully saturated rings. The molecule has 0 atom stereocenters. The van der Waals surface area contributed by atoms with Gasteiger partial charge in [-0.3, -0.25) is 0 Å². The molecule has 3 aromatic rings. The number of nitrogen functional groups attached to an aromatic ring is 1. The van der Waals surface area contributed by atoms with Crippen molar-refractivity contribution in [2.45, 2.75) is 4.90 Å². The highest BCUT2D eigenvalue weighted by Gasteiger charge is 2.12. The first-order valence-electron chi connectivity index (χ1n) is 6.81. The van der Waals surface area contributed by atoms with Gasteiger partial charge in [0.25, 0.3) is 0 Å². The first kappa shape index (κ1) is 15.8. The van der Waals surface area contributed by atoms with Crippen LogP contribution in [0.3, 0.4) is 0 Å². The standard InChI is InChI=1S/C17H13ClFN3S/c1-23-16-7-4-11(19)8-13(16)15-9-14(21-17(18)22-15)10-2-5-12(20)6-3-10/h2-9H,20H2,1H3. The molecule has 116 valence electrons. The van der Waals surface area contributed by atoms with E-state index in [-0.39, 0.29) is 11.1 Å². The molecule has 0 amide bonds. The second-order valence-electron chi connectivity index (χ2n) is 4.87. The van der Waals surface area contributed by atoms with Crippen LogP contribution >= 0.6 is 23.4 Å². The maximum absolute atomic E-state index is 13.6. The SMILES string of the molecule is CSc1ccc(F)cc1-c1cc(-c2ccc(N)cc2)nc(Cl)n1. The second-order valence-corrected chi connectivity index (χ2v) is 6.06. The summed E-state index contributed by atoms with van der Waals surface area (Å²) in [5, 5.41) is 0.116. The van der Waals surface area contributed by atoms with Gasteiger partial charge >= 0.3 is 0 Å². The lowest BCUT2D eigenvalue weighted by Crippen LogP contribution is -1.94. The van der Waals surface area contributed by atoms with Gasteiger partial charge in [0.15, 0.2) is 0 Å². The Labute approximate surface area is 142 Å². The van der Waals surface area contributed by atoms with E-state index in [2.05, 4.69) is 9.97 Å². The predicted molar refractivity (Wildman–Crippen MR) is 94.1 cm³/mol. The monoisotopic (exact) mass is 345 g/mol. The molecule has 3 nitrogen and oxygen atoms in total. The van der Waals surface area contributed by atoms with Crippen LogP contribution in [-0.2, 0) is 0 Å². The van der Waals surface area contributed by atoms with E-state index in [1.807, 2.05) is 18.4 Å². The molecule has 2 N–H and O–H groups in total. The van der Waals surface area contributed by atoms with Crippen molar-refractivity contribution in [2.24, 2.45) is 0 Å². The minimum absolute atomic E-state index is 0.116. The molecule has 1 aromatic heterocycles. The molecule has 0 bridgehead atoms. The van der Waals surface area contributed by atoms with Crippen LogP contribution in [0.2, 0.25) is 5.28 Å². The van der Waals surface area contributed by atoms with Crippen molar-refractivity contribution in [3.63, 3.8) is 0 Å². The summed E-state index contributed by atoms with van der Waals surface area (Å²) in [5.74, 6) is -0.318. The van der Waals surface area contributed by atoms with Crippen molar-refractivity contribution in [3.05, 3.63) is 59.6 Å². The zero-order chi connectivity index (χ0) is 16.4. The van der Waals surface area contributed by atoms with Gasteiger partial charge in [0.2, 0.25) is 5.28 Å². The Bertz CT molecular complexity index is 853. The molecular formula is C17H13ClFN3S. The number of anilines is 1. The molecule has 0 saturated carbocycles. The fraction of sp³-hybridized carbons (Fsp3) is 0.0588. The summed E-state index contributed by atoms with van der Waals surface area (Å²) in [6, 6.07) is 13.7. The summed E-state index contributed by atoms with van der Waals surface area (Å²) in [6.45, 7) is 0. The number of hydrogen-bond donors (Lipinski definition) is 1. The summed E-state index contributed by atoms with van der Waals surface area (Å²) in [4.78, 5) is 9.42. The summed E-state index contributed by atoms with van der Waals surface area (Å²) in [6.07, 6.45) is 1.93. The van der Waals surface area contributed by atoms with Crippen LogP contribution in [0.4, 0.5) is 10.1 Å². The third-order valence-corrected chi connectivity index (χ3v) is 4.31. The lowest BCUT2D eigenvalue weighted by atomic mass is 10.1. The Morgan fingerprint density at radius 2 is 1.70 bits per heavy atom. The summed E-state index contributed by atoms with van der Waals surface area (Å²) in [5.41, 5.74) is 9.18. The van der Waals surface area contributed by atoms with Crippen molar-refractivity contribution in [2.75, 3.05) is 12.0 Å². The molecule has 3 rings (SSSR count). The van der Waals surface area contributed by atoms with Gasteiger partial charge in [-0.2, -0.15) is 0 Å². The van der Waals surface area contributed by atoms with Gasteiger partial charge in [-0.1, -0.05) is 12.1 Å². The molecule has 0 aliphatic heterocycles. The lowest BCUT2D eigenvalue weighted by Gasteiger charge is -2.09. The zero-order valence-corrected chi connectivity index (χ0v) is 13.8. The van der Waals surface area contributed by atoms with Crippen molar-refractivity contribution in [1.29, 1.82) is 0 Å². The van der Waals surface area contributed by atoms with Gasteiger partial charge in [-0.15, -0.1) is 11.8 Å². The second kappa shape index (κ2) is 6.56. The van der Waals surface area contributed by atoms with E-state index < -0.39 is 0 Å². The molecule has 23 heavy (non-hydrogen) atoms. The number of nitrogens with two attached hydrogens (primary N) is 1. The van der Waals surface area contributed by atoms with Crippen molar-refractivity contribution in [1.82, 2.24) is 9.97 Å². The van der Waals surface area contributed by atoms with Crippen LogP contribution in [0.15, 0.2) is 53.4 Å². The third kappa shape index (κ3) is 3.46. The fourth-order valence-corrected chi connectivity index (χ4v) is 3.01. The Balaban J connectivity index is 2.15. The van der Waals surface area contributed by atoms with Crippen LogP contribution in [-0.4, -0.2) is 16.2 Å². The third-order valence-electron chi connectivity index (χ3n) is 3.34. The first-order chi connectivity index (χ1) is 11.1. The number of benzene rings is 2. The Morgan fingerprint density at radius 1 is 1.00 bits per heavy atom. The van der Waals surface area contributed by atoms with Crippen LogP contribution in [0.5, 0.6) is 0 Å². The van der Waals surface area contributed by atoms with Gasteiger partial charge in [-0.05, 0) is 54.3 Å². The predicted octanol–water partition coefficient (Wildman–Crippen LogP) is 4.91. The van der Waals surface area contributed by atoms with Gasteiger partial charge < -0.3 is 5.73 Å². The number of nitrogens with zero attached hydrogens (tertiary/aromatic N) is 2. The fourth-order valence-electron chi connectivity index (χ4n) is 2.24. The lowest BCUT2D eigenvalue weighted by molar-refractivity contribution is 0.627. The van der Waals surface area contributed by atoms with E-state index >= 15 is 0 Å². The maximum Gasteiger partial charge on any atom is 0.223 e. The van der Waals surface area contributed by atoms with E-state index in [4.69, 9.17) is 17.3 Å². The smallest absolute Gasteiger partial charge is 0.223 e. The Hall–Kier alpha value is -2.11.